The van der Waals surface area contributed by atoms with Crippen LogP contribution in [0.5, 0.6) is 0 Å². The van der Waals surface area contributed by atoms with Gasteiger partial charge in [0.25, 0.3) is 0 Å². The Morgan fingerprint density at radius 2 is 1.85 bits per heavy atom. The molecular weight excluding hydrogens is 326 g/mol. The number of carbonyl (C=O) groups excluding carboxylic acids is 1. The predicted molar refractivity (Wildman–Crippen MR) is 102 cm³/mol. The lowest BCUT2D eigenvalue weighted by Gasteiger charge is -2.05. The zero-order valence-electron chi connectivity index (χ0n) is 14.9. The summed E-state index contributed by atoms with van der Waals surface area (Å²) in [5.41, 5.74) is 4.15. The lowest BCUT2D eigenvalue weighted by molar-refractivity contribution is -0.118. The molecule has 1 amide bonds. The van der Waals surface area contributed by atoms with Crippen LogP contribution in [0.3, 0.4) is 0 Å². The highest BCUT2D eigenvalue weighted by Gasteiger charge is 2.12. The Kier molecular flexibility index (Phi) is 6.11. The van der Waals surface area contributed by atoms with Gasteiger partial charge in [0.15, 0.2) is 0 Å². The molecule has 6 heteroatoms. The minimum atomic E-state index is 0.00844. The molecule has 1 aromatic carbocycles. The zero-order valence-corrected chi connectivity index (χ0v) is 14.9. The van der Waals surface area contributed by atoms with Crippen molar-refractivity contribution in [1.29, 1.82) is 0 Å². The van der Waals surface area contributed by atoms with Crippen molar-refractivity contribution < 1.29 is 4.79 Å². The average molecular weight is 349 g/mol. The van der Waals surface area contributed by atoms with Gasteiger partial charge in [0.1, 0.15) is 0 Å². The molecule has 2 heterocycles. The molecular formula is C20H23N5O. The standard InChI is InChI=1S/C20H23N5O/c1-16(26)23-11-5-10-22-14-18-15-25(19-6-3-2-4-7-19)24-20(18)17-8-12-21-13-9-17/h2-4,6-9,12-13,15,22H,5,10-11,14H2,1H3,(H,23,26). The van der Waals surface area contributed by atoms with Crippen LogP contribution >= 0.6 is 0 Å². The van der Waals surface area contributed by atoms with Gasteiger partial charge in [-0.25, -0.2) is 4.68 Å². The van der Waals surface area contributed by atoms with Crippen molar-refractivity contribution in [2.75, 3.05) is 13.1 Å². The molecule has 0 aliphatic carbocycles. The SMILES string of the molecule is CC(=O)NCCCNCc1cn(-c2ccccc2)nc1-c1ccncc1. The molecule has 0 aliphatic heterocycles. The van der Waals surface area contributed by atoms with Crippen LogP contribution in [-0.4, -0.2) is 33.8 Å². The van der Waals surface area contributed by atoms with Gasteiger partial charge in [0, 0.05) is 49.7 Å². The van der Waals surface area contributed by atoms with Crippen molar-refractivity contribution in [3.05, 3.63) is 66.6 Å². The third-order valence-electron chi connectivity index (χ3n) is 3.98. The number of para-hydroxylation sites is 1. The smallest absolute Gasteiger partial charge is 0.216 e. The molecule has 0 unspecified atom stereocenters. The summed E-state index contributed by atoms with van der Waals surface area (Å²) in [6, 6.07) is 14.0. The summed E-state index contributed by atoms with van der Waals surface area (Å²) in [6.07, 6.45) is 6.51. The monoisotopic (exact) mass is 349 g/mol. The van der Waals surface area contributed by atoms with E-state index in [1.807, 2.05) is 47.1 Å². The maximum absolute atomic E-state index is 10.9. The van der Waals surface area contributed by atoms with Gasteiger partial charge >= 0.3 is 0 Å². The van der Waals surface area contributed by atoms with Crippen molar-refractivity contribution in [2.24, 2.45) is 0 Å². The fourth-order valence-corrected chi connectivity index (χ4v) is 2.71. The lowest BCUT2D eigenvalue weighted by atomic mass is 10.1. The number of hydrogen-bond acceptors (Lipinski definition) is 4. The van der Waals surface area contributed by atoms with E-state index in [9.17, 15) is 4.79 Å². The van der Waals surface area contributed by atoms with E-state index in [-0.39, 0.29) is 5.91 Å². The van der Waals surface area contributed by atoms with Gasteiger partial charge in [-0.05, 0) is 37.2 Å². The number of hydrogen-bond donors (Lipinski definition) is 2. The quantitative estimate of drug-likeness (QED) is 0.613. The third kappa shape index (κ3) is 4.77. The Labute approximate surface area is 153 Å². The molecule has 0 saturated carbocycles. The van der Waals surface area contributed by atoms with E-state index in [0.29, 0.717) is 13.1 Å². The second-order valence-electron chi connectivity index (χ2n) is 6.03. The summed E-state index contributed by atoms with van der Waals surface area (Å²) in [7, 11) is 0. The molecule has 3 rings (SSSR count). The first-order chi connectivity index (χ1) is 12.7. The van der Waals surface area contributed by atoms with Gasteiger partial charge in [0.2, 0.25) is 5.91 Å². The van der Waals surface area contributed by atoms with Crippen LogP contribution in [0.1, 0.15) is 18.9 Å². The molecule has 0 atom stereocenters. The molecule has 2 N–H and O–H groups in total. The van der Waals surface area contributed by atoms with Crippen LogP contribution in [0.4, 0.5) is 0 Å². The van der Waals surface area contributed by atoms with E-state index >= 15 is 0 Å². The van der Waals surface area contributed by atoms with Crippen molar-refractivity contribution >= 4 is 5.91 Å². The summed E-state index contributed by atoms with van der Waals surface area (Å²) >= 11 is 0. The molecule has 3 aromatic rings. The maximum atomic E-state index is 10.9. The lowest BCUT2D eigenvalue weighted by Crippen LogP contribution is -2.25. The fraction of sp³-hybridized carbons (Fsp3) is 0.250. The topological polar surface area (TPSA) is 71.8 Å². The largest absolute Gasteiger partial charge is 0.356 e. The number of benzene rings is 1. The van der Waals surface area contributed by atoms with Crippen LogP contribution < -0.4 is 10.6 Å². The van der Waals surface area contributed by atoms with Crippen molar-refractivity contribution in [3.63, 3.8) is 0 Å². The summed E-state index contributed by atoms with van der Waals surface area (Å²) in [4.78, 5) is 15.0. The molecule has 0 aliphatic rings. The third-order valence-corrected chi connectivity index (χ3v) is 3.98. The molecule has 2 aromatic heterocycles. The average Bonchev–Trinajstić information content (AvgIpc) is 3.10. The van der Waals surface area contributed by atoms with Gasteiger partial charge in [-0.3, -0.25) is 9.78 Å². The Hall–Kier alpha value is -2.99. The predicted octanol–water partition coefficient (Wildman–Crippen LogP) is 2.55. The molecule has 6 nitrogen and oxygen atoms in total. The Bertz CT molecular complexity index is 830. The minimum Gasteiger partial charge on any atom is -0.356 e. The summed E-state index contributed by atoms with van der Waals surface area (Å²) in [5.74, 6) is 0.00844. The van der Waals surface area contributed by atoms with Gasteiger partial charge in [-0.2, -0.15) is 5.10 Å². The molecule has 0 spiro atoms. The molecule has 26 heavy (non-hydrogen) atoms. The van der Waals surface area contributed by atoms with Gasteiger partial charge in [0.05, 0.1) is 11.4 Å². The van der Waals surface area contributed by atoms with E-state index in [1.165, 1.54) is 6.92 Å². The fourth-order valence-electron chi connectivity index (χ4n) is 2.71. The van der Waals surface area contributed by atoms with E-state index in [4.69, 9.17) is 5.10 Å². The van der Waals surface area contributed by atoms with E-state index in [0.717, 1.165) is 35.5 Å². The van der Waals surface area contributed by atoms with Gasteiger partial charge in [-0.1, -0.05) is 18.2 Å². The maximum Gasteiger partial charge on any atom is 0.216 e. The minimum absolute atomic E-state index is 0.00844. The number of carbonyl (C=O) groups is 1. The molecule has 0 bridgehead atoms. The van der Waals surface area contributed by atoms with E-state index < -0.39 is 0 Å². The first-order valence-electron chi connectivity index (χ1n) is 8.73. The first kappa shape index (κ1) is 17.8. The molecule has 0 saturated heterocycles. The normalized spacial score (nSPS) is 10.7. The summed E-state index contributed by atoms with van der Waals surface area (Å²) < 4.78 is 1.91. The Morgan fingerprint density at radius 3 is 2.58 bits per heavy atom. The summed E-state index contributed by atoms with van der Waals surface area (Å²) in [5, 5.41) is 11.0. The number of pyridine rings is 1. The highest BCUT2D eigenvalue weighted by Crippen LogP contribution is 2.23. The highest BCUT2D eigenvalue weighted by atomic mass is 16.1. The van der Waals surface area contributed by atoms with Crippen molar-refractivity contribution in [2.45, 2.75) is 19.9 Å². The van der Waals surface area contributed by atoms with Crippen LogP contribution in [0.15, 0.2) is 61.1 Å². The second-order valence-corrected chi connectivity index (χ2v) is 6.03. The van der Waals surface area contributed by atoms with E-state index in [1.54, 1.807) is 12.4 Å². The van der Waals surface area contributed by atoms with Crippen molar-refractivity contribution in [3.8, 4) is 16.9 Å². The number of amides is 1. The number of aromatic nitrogens is 3. The molecule has 134 valence electrons. The Balaban J connectivity index is 1.72. The number of nitrogens with one attached hydrogen (secondary N) is 2. The Morgan fingerprint density at radius 1 is 1.08 bits per heavy atom. The van der Waals surface area contributed by atoms with Crippen molar-refractivity contribution in [1.82, 2.24) is 25.4 Å². The van der Waals surface area contributed by atoms with Crippen LogP contribution in [0, 0.1) is 0 Å². The summed E-state index contributed by atoms with van der Waals surface area (Å²) in [6.45, 7) is 3.76. The van der Waals surface area contributed by atoms with Gasteiger partial charge in [-0.15, -0.1) is 0 Å². The van der Waals surface area contributed by atoms with E-state index in [2.05, 4.69) is 21.8 Å². The zero-order chi connectivity index (χ0) is 18.2. The van der Waals surface area contributed by atoms with Crippen LogP contribution in [-0.2, 0) is 11.3 Å². The number of rotatable bonds is 8. The van der Waals surface area contributed by atoms with Crippen LogP contribution in [0.25, 0.3) is 16.9 Å². The first-order valence-corrected chi connectivity index (χ1v) is 8.73. The number of nitrogens with zero attached hydrogens (tertiary/aromatic N) is 3. The molecule has 0 radical (unpaired) electrons. The highest BCUT2D eigenvalue weighted by molar-refractivity contribution is 5.72. The molecule has 0 fully saturated rings. The van der Waals surface area contributed by atoms with Gasteiger partial charge < -0.3 is 10.6 Å². The second kappa shape index (κ2) is 8.92. The van der Waals surface area contributed by atoms with Crippen LogP contribution in [0.2, 0.25) is 0 Å².